The second-order valence-electron chi connectivity index (χ2n) is 4.72. The minimum Gasteiger partial charge on any atom is -0.481 e. The second kappa shape index (κ2) is 6.17. The zero-order valence-corrected chi connectivity index (χ0v) is 11.4. The van der Waals surface area contributed by atoms with Crippen LogP contribution in [-0.4, -0.2) is 28.6 Å². The molecule has 7 nitrogen and oxygen atoms in total. The second-order valence-corrected chi connectivity index (χ2v) is 4.72. The summed E-state index contributed by atoms with van der Waals surface area (Å²) in [5.74, 6) is -2.96. The van der Waals surface area contributed by atoms with Gasteiger partial charge in [-0.1, -0.05) is 12.1 Å². The molecule has 3 N–H and O–H groups in total. The number of hydrogen-bond donors (Lipinski definition) is 3. The van der Waals surface area contributed by atoms with Crippen LogP contribution in [0.2, 0.25) is 0 Å². The van der Waals surface area contributed by atoms with Crippen LogP contribution in [0.4, 0.5) is 5.69 Å². The minimum atomic E-state index is -1.17. The maximum Gasteiger partial charge on any atom is 0.315 e. The van der Waals surface area contributed by atoms with Gasteiger partial charge in [0.1, 0.15) is 5.92 Å². The summed E-state index contributed by atoms with van der Waals surface area (Å²) in [5.41, 5.74) is 4.55. The molecule has 1 heterocycles. The van der Waals surface area contributed by atoms with Gasteiger partial charge in [-0.15, -0.1) is 0 Å². The quantitative estimate of drug-likeness (QED) is 0.717. The van der Waals surface area contributed by atoms with Gasteiger partial charge in [0.2, 0.25) is 11.8 Å². The van der Waals surface area contributed by atoms with E-state index < -0.39 is 17.8 Å². The number of carbonyl (C=O) groups is 3. The van der Waals surface area contributed by atoms with Crippen LogP contribution in [0.1, 0.15) is 25.3 Å². The number of nitrogens with one attached hydrogen (secondary N) is 2. The van der Waals surface area contributed by atoms with Crippen molar-refractivity contribution in [2.75, 3.05) is 5.32 Å². The molecular formula is C14H15N3O4. The average Bonchev–Trinajstić information content (AvgIpc) is 2.48. The zero-order chi connectivity index (χ0) is 15.4. The maximum absolute atomic E-state index is 11.6. The van der Waals surface area contributed by atoms with Crippen molar-refractivity contribution < 1.29 is 19.5 Å². The lowest BCUT2D eigenvalue weighted by Crippen LogP contribution is -2.27. The third-order valence-electron chi connectivity index (χ3n) is 3.15. The van der Waals surface area contributed by atoms with E-state index in [1.165, 1.54) is 6.92 Å². The van der Waals surface area contributed by atoms with E-state index in [0.717, 1.165) is 11.3 Å². The highest BCUT2D eigenvalue weighted by Crippen LogP contribution is 2.15. The van der Waals surface area contributed by atoms with Crippen molar-refractivity contribution in [1.82, 2.24) is 5.43 Å². The number of carboxylic acids is 1. The highest BCUT2D eigenvalue weighted by molar-refractivity contribution is 6.05. The van der Waals surface area contributed by atoms with Crippen molar-refractivity contribution in [3.8, 4) is 0 Å². The molecule has 0 radical (unpaired) electrons. The highest BCUT2D eigenvalue weighted by atomic mass is 16.4. The minimum absolute atomic E-state index is 0.106. The topological polar surface area (TPSA) is 108 Å². The van der Waals surface area contributed by atoms with Crippen LogP contribution in [0.5, 0.6) is 0 Å². The standard InChI is InChI=1S/C14H15N3O4/c1-8(14(20)21)13(19)15-10-4-2-9(3-5-10)11-6-7-12(18)17-16-11/h2-5,8H,6-7H2,1H3,(H,15,19)(H,17,18)(H,20,21). The Balaban J connectivity index is 2.04. The lowest BCUT2D eigenvalue weighted by Gasteiger charge is -2.13. The Morgan fingerprint density at radius 1 is 1.29 bits per heavy atom. The number of anilines is 1. The van der Waals surface area contributed by atoms with Gasteiger partial charge in [-0.3, -0.25) is 14.4 Å². The number of rotatable bonds is 4. The summed E-state index contributed by atoms with van der Waals surface area (Å²) in [7, 11) is 0. The monoisotopic (exact) mass is 289 g/mol. The van der Waals surface area contributed by atoms with E-state index in [1.807, 2.05) is 0 Å². The van der Waals surface area contributed by atoms with Crippen LogP contribution in [0.25, 0.3) is 0 Å². The molecule has 1 aliphatic rings. The Bertz CT molecular complexity index is 607. The maximum atomic E-state index is 11.6. The van der Waals surface area contributed by atoms with Gasteiger partial charge >= 0.3 is 5.97 Å². The van der Waals surface area contributed by atoms with Gasteiger partial charge in [-0.25, -0.2) is 5.43 Å². The van der Waals surface area contributed by atoms with E-state index in [1.54, 1.807) is 24.3 Å². The molecule has 2 amide bonds. The molecule has 0 saturated carbocycles. The van der Waals surface area contributed by atoms with Crippen LogP contribution in [0, 0.1) is 5.92 Å². The first-order chi connectivity index (χ1) is 9.97. The Kier molecular flexibility index (Phi) is 4.32. The van der Waals surface area contributed by atoms with Gasteiger partial charge in [0.15, 0.2) is 0 Å². The molecule has 0 saturated heterocycles. The van der Waals surface area contributed by atoms with Crippen molar-refractivity contribution in [3.05, 3.63) is 29.8 Å². The molecule has 0 spiro atoms. The average molecular weight is 289 g/mol. The van der Waals surface area contributed by atoms with E-state index >= 15 is 0 Å². The van der Waals surface area contributed by atoms with Crippen molar-refractivity contribution in [2.24, 2.45) is 11.0 Å². The Morgan fingerprint density at radius 2 is 1.95 bits per heavy atom. The molecule has 0 bridgehead atoms. The zero-order valence-electron chi connectivity index (χ0n) is 11.4. The fourth-order valence-electron chi connectivity index (χ4n) is 1.79. The molecule has 110 valence electrons. The number of nitrogens with zero attached hydrogens (tertiary/aromatic N) is 1. The Hall–Kier alpha value is -2.70. The van der Waals surface area contributed by atoms with Crippen LogP contribution >= 0.6 is 0 Å². The molecule has 7 heteroatoms. The predicted octanol–water partition coefficient (Wildman–Crippen LogP) is 0.960. The molecule has 21 heavy (non-hydrogen) atoms. The van der Waals surface area contributed by atoms with Gasteiger partial charge in [0, 0.05) is 18.5 Å². The van der Waals surface area contributed by atoms with E-state index in [2.05, 4.69) is 15.8 Å². The number of aliphatic carboxylic acids is 1. The first-order valence-electron chi connectivity index (χ1n) is 6.47. The lowest BCUT2D eigenvalue weighted by atomic mass is 10.0. The molecule has 2 rings (SSSR count). The SMILES string of the molecule is CC(C(=O)O)C(=O)Nc1ccc(C2=NNC(=O)CC2)cc1. The first-order valence-corrected chi connectivity index (χ1v) is 6.47. The molecule has 0 aromatic heterocycles. The summed E-state index contributed by atoms with van der Waals surface area (Å²) in [5, 5.41) is 15.3. The van der Waals surface area contributed by atoms with Gasteiger partial charge in [-0.2, -0.15) is 5.10 Å². The van der Waals surface area contributed by atoms with E-state index in [4.69, 9.17) is 5.11 Å². The predicted molar refractivity (Wildman–Crippen MR) is 75.8 cm³/mol. The van der Waals surface area contributed by atoms with E-state index in [9.17, 15) is 14.4 Å². The number of amides is 2. The smallest absolute Gasteiger partial charge is 0.315 e. The Labute approximate surface area is 121 Å². The lowest BCUT2D eigenvalue weighted by molar-refractivity contribution is -0.144. The highest BCUT2D eigenvalue weighted by Gasteiger charge is 2.20. The molecule has 1 aromatic carbocycles. The Morgan fingerprint density at radius 3 is 2.48 bits per heavy atom. The molecule has 0 fully saturated rings. The fraction of sp³-hybridized carbons (Fsp3) is 0.286. The summed E-state index contributed by atoms with van der Waals surface area (Å²) in [6.45, 7) is 1.32. The largest absolute Gasteiger partial charge is 0.481 e. The number of benzene rings is 1. The van der Waals surface area contributed by atoms with Crippen molar-refractivity contribution in [2.45, 2.75) is 19.8 Å². The molecule has 1 unspecified atom stereocenters. The number of hydrogen-bond acceptors (Lipinski definition) is 4. The van der Waals surface area contributed by atoms with Gasteiger partial charge in [0.25, 0.3) is 0 Å². The molecule has 1 aliphatic heterocycles. The van der Waals surface area contributed by atoms with Crippen LogP contribution in [0.3, 0.4) is 0 Å². The van der Waals surface area contributed by atoms with Crippen LogP contribution in [-0.2, 0) is 14.4 Å². The van der Waals surface area contributed by atoms with E-state index in [0.29, 0.717) is 18.5 Å². The van der Waals surface area contributed by atoms with Gasteiger partial charge in [-0.05, 0) is 24.6 Å². The summed E-state index contributed by atoms with van der Waals surface area (Å²) < 4.78 is 0. The third-order valence-corrected chi connectivity index (χ3v) is 3.15. The van der Waals surface area contributed by atoms with Crippen molar-refractivity contribution in [3.63, 3.8) is 0 Å². The summed E-state index contributed by atoms with van der Waals surface area (Å²) in [4.78, 5) is 33.3. The fourth-order valence-corrected chi connectivity index (χ4v) is 1.79. The summed E-state index contributed by atoms with van der Waals surface area (Å²) in [6, 6.07) is 6.86. The van der Waals surface area contributed by atoms with Crippen molar-refractivity contribution in [1.29, 1.82) is 0 Å². The third kappa shape index (κ3) is 3.65. The first kappa shape index (κ1) is 14.7. The van der Waals surface area contributed by atoms with Gasteiger partial charge in [0.05, 0.1) is 5.71 Å². The van der Waals surface area contributed by atoms with Crippen LogP contribution < -0.4 is 10.7 Å². The molecule has 1 aromatic rings. The normalized spacial score (nSPS) is 15.7. The summed E-state index contributed by atoms with van der Waals surface area (Å²) >= 11 is 0. The number of carboxylic acid groups (broad SMARTS) is 1. The molecule has 1 atom stereocenters. The molecule has 0 aliphatic carbocycles. The van der Waals surface area contributed by atoms with Crippen molar-refractivity contribution >= 4 is 29.2 Å². The summed E-state index contributed by atoms with van der Waals surface area (Å²) in [6.07, 6.45) is 0.959. The van der Waals surface area contributed by atoms with Gasteiger partial charge < -0.3 is 10.4 Å². The van der Waals surface area contributed by atoms with Crippen LogP contribution in [0.15, 0.2) is 29.4 Å². The molecular weight excluding hydrogens is 274 g/mol. The number of hydrazone groups is 1. The van der Waals surface area contributed by atoms with E-state index in [-0.39, 0.29) is 5.91 Å². The number of carbonyl (C=O) groups excluding carboxylic acids is 2.